The number of nitrogens with zero attached hydrogens (tertiary/aromatic N) is 1. The summed E-state index contributed by atoms with van der Waals surface area (Å²) in [5, 5.41) is 0. The molecule has 1 aliphatic heterocycles. The van der Waals surface area contributed by atoms with Crippen LogP contribution in [-0.4, -0.2) is 30.0 Å². The van der Waals surface area contributed by atoms with E-state index in [2.05, 4.69) is 0 Å². The normalized spacial score (nSPS) is 18.6. The monoisotopic (exact) mass is 279 g/mol. The molecule has 0 saturated carbocycles. The number of carbonyl (C=O) groups excluding carboxylic acids is 1. The lowest BCUT2D eigenvalue weighted by Gasteiger charge is -2.18. The Morgan fingerprint density at radius 2 is 2.25 bits per heavy atom. The molecule has 1 fully saturated rings. The van der Waals surface area contributed by atoms with Crippen molar-refractivity contribution in [3.63, 3.8) is 0 Å². The molecule has 2 rings (SSSR count). The number of hydrogen-bond donors (Lipinski definition) is 0. The van der Waals surface area contributed by atoms with Gasteiger partial charge in [0, 0.05) is 25.5 Å². The van der Waals surface area contributed by atoms with Gasteiger partial charge in [-0.1, -0.05) is 13.8 Å². The average Bonchev–Trinajstić information content (AvgIpc) is 2.75. The van der Waals surface area contributed by atoms with Gasteiger partial charge in [-0.2, -0.15) is 0 Å². The van der Waals surface area contributed by atoms with Gasteiger partial charge in [-0.15, -0.1) is 0 Å². The molecule has 1 aromatic rings. The third-order valence-electron chi connectivity index (χ3n) is 3.25. The quantitative estimate of drug-likeness (QED) is 0.845. The van der Waals surface area contributed by atoms with Crippen molar-refractivity contribution in [3.8, 4) is 5.75 Å². The summed E-state index contributed by atoms with van der Waals surface area (Å²) >= 11 is 0. The zero-order chi connectivity index (χ0) is 14.7. The van der Waals surface area contributed by atoms with Crippen molar-refractivity contribution < 1.29 is 13.9 Å². The first-order valence-electron chi connectivity index (χ1n) is 7.00. The van der Waals surface area contributed by atoms with Crippen LogP contribution in [0.5, 0.6) is 5.75 Å². The highest BCUT2D eigenvalue weighted by atomic mass is 16.5. The predicted molar refractivity (Wildman–Crippen MR) is 74.8 cm³/mol. The molecule has 1 aliphatic rings. The Bertz CT molecular complexity index is 535. The second-order valence-corrected chi connectivity index (χ2v) is 5.69. The molecule has 5 heteroatoms. The SMILES string of the molecule is Cc1cc(OC2CCN(C(=O)CC(C)C)C2)cc(=O)o1. The number of ether oxygens (including phenoxy) is 1. The Morgan fingerprint density at radius 3 is 2.90 bits per heavy atom. The number of amides is 1. The van der Waals surface area contributed by atoms with E-state index in [0.717, 1.165) is 13.0 Å². The van der Waals surface area contributed by atoms with Gasteiger partial charge in [-0.05, 0) is 12.8 Å². The first-order valence-corrected chi connectivity index (χ1v) is 7.00. The van der Waals surface area contributed by atoms with Gasteiger partial charge in [0.2, 0.25) is 5.91 Å². The fraction of sp³-hybridized carbons (Fsp3) is 0.600. The summed E-state index contributed by atoms with van der Waals surface area (Å²) in [5.41, 5.74) is -0.411. The Labute approximate surface area is 118 Å². The van der Waals surface area contributed by atoms with Crippen LogP contribution in [0.25, 0.3) is 0 Å². The molecule has 0 aliphatic carbocycles. The molecule has 1 unspecified atom stereocenters. The molecule has 0 radical (unpaired) electrons. The lowest BCUT2D eigenvalue weighted by molar-refractivity contribution is -0.131. The summed E-state index contributed by atoms with van der Waals surface area (Å²) in [7, 11) is 0. The number of rotatable bonds is 4. The second-order valence-electron chi connectivity index (χ2n) is 5.69. The maximum absolute atomic E-state index is 12.0. The van der Waals surface area contributed by atoms with Crippen LogP contribution in [-0.2, 0) is 4.79 Å². The van der Waals surface area contributed by atoms with Gasteiger partial charge in [0.1, 0.15) is 17.6 Å². The summed E-state index contributed by atoms with van der Waals surface area (Å²) in [5.74, 6) is 1.58. The molecule has 1 aromatic heterocycles. The minimum Gasteiger partial charge on any atom is -0.488 e. The molecule has 20 heavy (non-hydrogen) atoms. The second kappa shape index (κ2) is 6.11. The van der Waals surface area contributed by atoms with Crippen LogP contribution in [0, 0.1) is 12.8 Å². The van der Waals surface area contributed by atoms with E-state index in [-0.39, 0.29) is 12.0 Å². The molecule has 0 spiro atoms. The van der Waals surface area contributed by atoms with E-state index in [0.29, 0.717) is 30.4 Å². The van der Waals surface area contributed by atoms with Crippen LogP contribution >= 0.6 is 0 Å². The van der Waals surface area contributed by atoms with Gasteiger partial charge in [0.15, 0.2) is 0 Å². The molecular weight excluding hydrogens is 258 g/mol. The maximum atomic E-state index is 12.0. The number of hydrogen-bond acceptors (Lipinski definition) is 4. The Balaban J connectivity index is 1.93. The minimum atomic E-state index is -0.411. The smallest absolute Gasteiger partial charge is 0.339 e. The molecule has 5 nitrogen and oxygen atoms in total. The van der Waals surface area contributed by atoms with Gasteiger partial charge < -0.3 is 14.1 Å². The van der Waals surface area contributed by atoms with Crippen molar-refractivity contribution in [2.75, 3.05) is 13.1 Å². The van der Waals surface area contributed by atoms with Crippen molar-refractivity contribution in [3.05, 3.63) is 28.3 Å². The van der Waals surface area contributed by atoms with E-state index in [4.69, 9.17) is 9.15 Å². The Morgan fingerprint density at radius 1 is 1.50 bits per heavy atom. The fourth-order valence-corrected chi connectivity index (χ4v) is 2.37. The van der Waals surface area contributed by atoms with Gasteiger partial charge in [-0.25, -0.2) is 4.79 Å². The minimum absolute atomic E-state index is 0.0488. The van der Waals surface area contributed by atoms with Crippen molar-refractivity contribution >= 4 is 5.91 Å². The lowest BCUT2D eigenvalue weighted by atomic mass is 10.1. The number of carbonyl (C=O) groups is 1. The van der Waals surface area contributed by atoms with Crippen LogP contribution in [0.15, 0.2) is 21.3 Å². The zero-order valence-electron chi connectivity index (χ0n) is 12.2. The molecular formula is C15H21NO4. The highest BCUT2D eigenvalue weighted by molar-refractivity contribution is 5.76. The van der Waals surface area contributed by atoms with E-state index in [1.807, 2.05) is 18.7 Å². The van der Waals surface area contributed by atoms with Crippen LogP contribution in [0.1, 0.15) is 32.4 Å². The van der Waals surface area contributed by atoms with Crippen LogP contribution in [0.2, 0.25) is 0 Å². The van der Waals surface area contributed by atoms with Gasteiger partial charge in [0.25, 0.3) is 0 Å². The molecule has 1 saturated heterocycles. The molecule has 0 aromatic carbocycles. The summed E-state index contributed by atoms with van der Waals surface area (Å²) < 4.78 is 10.7. The van der Waals surface area contributed by atoms with Gasteiger partial charge >= 0.3 is 5.63 Å². The van der Waals surface area contributed by atoms with Crippen molar-refractivity contribution in [2.45, 2.75) is 39.7 Å². The maximum Gasteiger partial charge on any atom is 0.339 e. The number of likely N-dealkylation sites (tertiary alicyclic amines) is 1. The molecule has 1 amide bonds. The van der Waals surface area contributed by atoms with E-state index >= 15 is 0 Å². The third-order valence-corrected chi connectivity index (χ3v) is 3.25. The predicted octanol–water partition coefficient (Wildman–Crippen LogP) is 1.97. The first kappa shape index (κ1) is 14.6. The summed E-state index contributed by atoms with van der Waals surface area (Å²) in [6, 6.07) is 3.03. The van der Waals surface area contributed by atoms with E-state index in [1.54, 1.807) is 13.0 Å². The largest absolute Gasteiger partial charge is 0.488 e. The van der Waals surface area contributed by atoms with Crippen molar-refractivity contribution in [2.24, 2.45) is 5.92 Å². The average molecular weight is 279 g/mol. The molecule has 0 bridgehead atoms. The summed E-state index contributed by atoms with van der Waals surface area (Å²) in [6.45, 7) is 7.09. The molecule has 0 N–H and O–H groups in total. The topological polar surface area (TPSA) is 59.8 Å². The first-order chi connectivity index (χ1) is 9.44. The third kappa shape index (κ3) is 3.85. The standard InChI is InChI=1S/C15H21NO4/c1-10(2)6-14(17)16-5-4-12(9-16)20-13-7-11(3)19-15(18)8-13/h7-8,10,12H,4-6,9H2,1-3H3. The van der Waals surface area contributed by atoms with Gasteiger partial charge in [0.05, 0.1) is 12.6 Å². The van der Waals surface area contributed by atoms with Crippen molar-refractivity contribution in [1.82, 2.24) is 4.90 Å². The molecule has 110 valence electrons. The Hall–Kier alpha value is -1.78. The Kier molecular flexibility index (Phi) is 4.47. The highest BCUT2D eigenvalue weighted by Crippen LogP contribution is 2.19. The van der Waals surface area contributed by atoms with E-state index in [9.17, 15) is 9.59 Å². The van der Waals surface area contributed by atoms with E-state index < -0.39 is 5.63 Å². The lowest BCUT2D eigenvalue weighted by Crippen LogP contribution is -2.31. The van der Waals surface area contributed by atoms with Crippen LogP contribution in [0.4, 0.5) is 0 Å². The molecule has 1 atom stereocenters. The van der Waals surface area contributed by atoms with Gasteiger partial charge in [-0.3, -0.25) is 4.79 Å². The number of aryl methyl sites for hydroxylation is 1. The summed E-state index contributed by atoms with van der Waals surface area (Å²) in [4.78, 5) is 25.1. The van der Waals surface area contributed by atoms with E-state index in [1.165, 1.54) is 6.07 Å². The van der Waals surface area contributed by atoms with Crippen molar-refractivity contribution in [1.29, 1.82) is 0 Å². The fourth-order valence-electron chi connectivity index (χ4n) is 2.37. The van der Waals surface area contributed by atoms with Crippen LogP contribution in [0.3, 0.4) is 0 Å². The summed E-state index contributed by atoms with van der Waals surface area (Å²) in [6.07, 6.45) is 1.32. The highest BCUT2D eigenvalue weighted by Gasteiger charge is 2.27. The van der Waals surface area contributed by atoms with Crippen LogP contribution < -0.4 is 10.4 Å². The molecule has 2 heterocycles. The zero-order valence-corrected chi connectivity index (χ0v) is 12.2.